The maximum absolute atomic E-state index is 6.24. The molecule has 0 saturated heterocycles. The van der Waals surface area contributed by atoms with Gasteiger partial charge in [-0.25, -0.2) is 0 Å². The first-order valence-corrected chi connectivity index (χ1v) is 9.73. The van der Waals surface area contributed by atoms with Crippen LogP contribution in [0.4, 0.5) is 0 Å². The van der Waals surface area contributed by atoms with Gasteiger partial charge < -0.3 is 19.5 Å². The molecule has 0 atom stereocenters. The average molecular weight is 463 g/mol. The van der Waals surface area contributed by atoms with Crippen molar-refractivity contribution in [2.75, 3.05) is 27.4 Å². The molecule has 0 aromatic heterocycles. The van der Waals surface area contributed by atoms with Crippen LogP contribution in [0.2, 0.25) is 10.0 Å². The highest BCUT2D eigenvalue weighted by Crippen LogP contribution is 2.37. The summed E-state index contributed by atoms with van der Waals surface area (Å²) in [5, 5.41) is 4.57. The standard InChI is InChI=1S/C19H22BrCl2NO3/c1-24-9-3-8-23-11-15-16(20)6-7-18(25-2)19(15)26-12-13-4-5-14(21)10-17(13)22/h4-7,10,23H,3,8-9,11-12H2,1-2H3. The lowest BCUT2D eigenvalue weighted by Crippen LogP contribution is -2.17. The zero-order valence-corrected chi connectivity index (χ0v) is 17.9. The number of methoxy groups -OCH3 is 2. The molecule has 2 rings (SSSR count). The normalized spacial score (nSPS) is 10.8. The lowest BCUT2D eigenvalue weighted by atomic mass is 10.1. The van der Waals surface area contributed by atoms with Crippen molar-refractivity contribution in [2.24, 2.45) is 0 Å². The molecule has 0 bridgehead atoms. The fraction of sp³-hybridized carbons (Fsp3) is 0.368. The molecule has 0 fully saturated rings. The van der Waals surface area contributed by atoms with Gasteiger partial charge in [-0.3, -0.25) is 0 Å². The van der Waals surface area contributed by atoms with E-state index < -0.39 is 0 Å². The van der Waals surface area contributed by atoms with Crippen LogP contribution in [0.25, 0.3) is 0 Å². The summed E-state index contributed by atoms with van der Waals surface area (Å²) in [6.07, 6.45) is 0.939. The van der Waals surface area contributed by atoms with E-state index >= 15 is 0 Å². The summed E-state index contributed by atoms with van der Waals surface area (Å²) in [5.74, 6) is 1.36. The van der Waals surface area contributed by atoms with Crippen LogP contribution in [-0.2, 0) is 17.9 Å². The Labute approximate surface area is 172 Å². The molecule has 1 N–H and O–H groups in total. The zero-order valence-electron chi connectivity index (χ0n) is 14.8. The van der Waals surface area contributed by atoms with E-state index in [4.69, 9.17) is 37.4 Å². The molecule has 0 spiro atoms. The molecule has 26 heavy (non-hydrogen) atoms. The van der Waals surface area contributed by atoms with E-state index in [9.17, 15) is 0 Å². The van der Waals surface area contributed by atoms with Crippen molar-refractivity contribution >= 4 is 39.1 Å². The predicted octanol–water partition coefficient (Wildman–Crippen LogP) is 5.47. The van der Waals surface area contributed by atoms with Crippen molar-refractivity contribution in [1.29, 1.82) is 0 Å². The Hall–Kier alpha value is -0.980. The van der Waals surface area contributed by atoms with Crippen molar-refractivity contribution in [3.63, 3.8) is 0 Å². The van der Waals surface area contributed by atoms with Crippen molar-refractivity contribution in [3.05, 3.63) is 56.0 Å². The number of halogens is 3. The Bertz CT molecular complexity index is 728. The SMILES string of the molecule is COCCCNCc1c(Br)ccc(OC)c1OCc1ccc(Cl)cc1Cl. The maximum Gasteiger partial charge on any atom is 0.167 e. The van der Waals surface area contributed by atoms with E-state index in [0.717, 1.165) is 35.2 Å². The number of ether oxygens (including phenoxy) is 3. The minimum absolute atomic E-state index is 0.319. The van der Waals surface area contributed by atoms with Crippen molar-refractivity contribution < 1.29 is 14.2 Å². The molecular weight excluding hydrogens is 441 g/mol. The number of hydrogen-bond acceptors (Lipinski definition) is 4. The third-order valence-electron chi connectivity index (χ3n) is 3.78. The Morgan fingerprint density at radius 3 is 2.62 bits per heavy atom. The fourth-order valence-electron chi connectivity index (χ4n) is 2.41. The van der Waals surface area contributed by atoms with E-state index in [1.165, 1.54) is 0 Å². The third kappa shape index (κ3) is 6.03. The average Bonchev–Trinajstić information content (AvgIpc) is 2.62. The van der Waals surface area contributed by atoms with Gasteiger partial charge >= 0.3 is 0 Å². The minimum atomic E-state index is 0.319. The quantitative estimate of drug-likeness (QED) is 0.475. The molecule has 4 nitrogen and oxygen atoms in total. The molecule has 2 aromatic carbocycles. The Morgan fingerprint density at radius 1 is 1.12 bits per heavy atom. The van der Waals surface area contributed by atoms with E-state index in [1.807, 2.05) is 18.2 Å². The first-order chi connectivity index (χ1) is 12.6. The van der Waals surface area contributed by atoms with Crippen molar-refractivity contribution in [1.82, 2.24) is 5.32 Å². The topological polar surface area (TPSA) is 39.7 Å². The van der Waals surface area contributed by atoms with Crippen molar-refractivity contribution in [3.8, 4) is 11.5 Å². The summed E-state index contributed by atoms with van der Waals surface area (Å²) >= 11 is 15.8. The summed E-state index contributed by atoms with van der Waals surface area (Å²) in [5.41, 5.74) is 1.85. The lowest BCUT2D eigenvalue weighted by Gasteiger charge is -2.17. The molecular formula is C19H22BrCl2NO3. The Morgan fingerprint density at radius 2 is 1.92 bits per heavy atom. The molecule has 0 radical (unpaired) electrons. The lowest BCUT2D eigenvalue weighted by molar-refractivity contribution is 0.194. The smallest absolute Gasteiger partial charge is 0.167 e. The van der Waals surface area contributed by atoms with Crippen LogP contribution in [0, 0.1) is 0 Å². The van der Waals surface area contributed by atoms with Gasteiger partial charge in [0, 0.05) is 45.9 Å². The van der Waals surface area contributed by atoms with Gasteiger partial charge in [0.1, 0.15) is 6.61 Å². The second-order valence-corrected chi connectivity index (χ2v) is 7.30. The van der Waals surface area contributed by atoms with Crippen LogP contribution >= 0.6 is 39.1 Å². The van der Waals surface area contributed by atoms with Crippen LogP contribution in [-0.4, -0.2) is 27.4 Å². The summed E-state index contributed by atoms with van der Waals surface area (Å²) in [6, 6.07) is 9.18. The van der Waals surface area contributed by atoms with Crippen LogP contribution in [0.1, 0.15) is 17.5 Å². The first kappa shape index (κ1) is 21.3. The minimum Gasteiger partial charge on any atom is -0.493 e. The molecule has 0 amide bonds. The molecule has 0 unspecified atom stereocenters. The van der Waals surface area contributed by atoms with Gasteiger partial charge in [-0.2, -0.15) is 0 Å². The van der Waals surface area contributed by atoms with Gasteiger partial charge in [-0.15, -0.1) is 0 Å². The maximum atomic E-state index is 6.24. The monoisotopic (exact) mass is 461 g/mol. The molecule has 0 aliphatic carbocycles. The fourth-order valence-corrected chi connectivity index (χ4v) is 3.33. The molecule has 0 saturated carbocycles. The Kier molecular flexibility index (Phi) is 9.02. The van der Waals surface area contributed by atoms with Crippen molar-refractivity contribution in [2.45, 2.75) is 19.6 Å². The molecule has 142 valence electrons. The second kappa shape index (κ2) is 11.0. The highest BCUT2D eigenvalue weighted by Gasteiger charge is 2.15. The number of hydrogen-bond donors (Lipinski definition) is 1. The number of rotatable bonds is 10. The van der Waals surface area contributed by atoms with Crippen LogP contribution in [0.5, 0.6) is 11.5 Å². The van der Waals surface area contributed by atoms with Crippen LogP contribution < -0.4 is 14.8 Å². The summed E-state index contributed by atoms with van der Waals surface area (Å²) in [7, 11) is 3.33. The van der Waals surface area contributed by atoms with Gasteiger partial charge in [0.2, 0.25) is 0 Å². The van der Waals surface area contributed by atoms with E-state index in [1.54, 1.807) is 26.4 Å². The highest BCUT2D eigenvalue weighted by atomic mass is 79.9. The second-order valence-electron chi connectivity index (χ2n) is 5.60. The third-order valence-corrected chi connectivity index (χ3v) is 5.11. The van der Waals surface area contributed by atoms with E-state index in [0.29, 0.717) is 34.7 Å². The molecule has 0 aliphatic rings. The summed E-state index contributed by atoms with van der Waals surface area (Å²) in [4.78, 5) is 0. The summed E-state index contributed by atoms with van der Waals surface area (Å²) in [6.45, 7) is 2.54. The van der Waals surface area contributed by atoms with Crippen LogP contribution in [0.3, 0.4) is 0 Å². The van der Waals surface area contributed by atoms with Crippen LogP contribution in [0.15, 0.2) is 34.8 Å². The molecule has 7 heteroatoms. The van der Waals surface area contributed by atoms with E-state index in [2.05, 4.69) is 21.2 Å². The number of benzene rings is 2. The first-order valence-electron chi connectivity index (χ1n) is 8.18. The molecule has 2 aromatic rings. The zero-order chi connectivity index (χ0) is 18.9. The molecule has 0 aliphatic heterocycles. The van der Waals surface area contributed by atoms with Gasteiger partial charge in [-0.05, 0) is 37.2 Å². The predicted molar refractivity (Wildman–Crippen MR) is 110 cm³/mol. The highest BCUT2D eigenvalue weighted by molar-refractivity contribution is 9.10. The van der Waals surface area contributed by atoms with Gasteiger partial charge in [0.05, 0.1) is 7.11 Å². The molecule has 0 heterocycles. The van der Waals surface area contributed by atoms with Gasteiger partial charge in [-0.1, -0.05) is 45.2 Å². The summed E-state index contributed by atoms with van der Waals surface area (Å²) < 4.78 is 17.6. The van der Waals surface area contributed by atoms with Gasteiger partial charge in [0.15, 0.2) is 11.5 Å². The van der Waals surface area contributed by atoms with E-state index in [-0.39, 0.29) is 0 Å². The Balaban J connectivity index is 2.14. The largest absolute Gasteiger partial charge is 0.493 e. The number of nitrogens with one attached hydrogen (secondary N) is 1. The van der Waals surface area contributed by atoms with Gasteiger partial charge in [0.25, 0.3) is 0 Å².